The smallest absolute Gasteiger partial charge is 0.230 e. The van der Waals surface area contributed by atoms with Crippen molar-refractivity contribution in [1.82, 2.24) is 4.98 Å². The van der Waals surface area contributed by atoms with E-state index in [4.69, 9.17) is 14.2 Å². The topological polar surface area (TPSA) is 116 Å². The van der Waals surface area contributed by atoms with Crippen LogP contribution in [0.25, 0.3) is 11.3 Å². The number of sulfonamides is 1. The predicted molar refractivity (Wildman–Crippen MR) is 124 cm³/mol. The van der Waals surface area contributed by atoms with Crippen LogP contribution in [0.4, 0.5) is 10.8 Å². The summed E-state index contributed by atoms with van der Waals surface area (Å²) in [6.07, 6.45) is 1.19. The first kappa shape index (κ1) is 23.4. The van der Waals surface area contributed by atoms with Gasteiger partial charge in [-0.3, -0.25) is 9.52 Å². The number of ether oxygens (including phenoxy) is 3. The second kappa shape index (κ2) is 9.88. The molecule has 0 atom stereocenters. The normalized spacial score (nSPS) is 11.0. The zero-order chi connectivity index (χ0) is 23.3. The molecule has 0 aliphatic heterocycles. The number of thiazole rings is 1. The van der Waals surface area contributed by atoms with E-state index in [0.29, 0.717) is 39.3 Å². The molecule has 0 saturated carbocycles. The molecule has 9 nitrogen and oxygen atoms in total. The molecule has 11 heteroatoms. The van der Waals surface area contributed by atoms with Crippen molar-refractivity contribution in [3.8, 4) is 28.5 Å². The number of nitrogens with one attached hydrogen (secondary N) is 2. The van der Waals surface area contributed by atoms with Crippen molar-refractivity contribution in [3.05, 3.63) is 47.3 Å². The molecule has 2 aromatic carbocycles. The zero-order valence-corrected chi connectivity index (χ0v) is 19.6. The van der Waals surface area contributed by atoms with Crippen LogP contribution in [-0.4, -0.2) is 46.9 Å². The summed E-state index contributed by atoms with van der Waals surface area (Å²) in [5.41, 5.74) is 2.63. The number of nitrogens with zero attached hydrogens (tertiary/aromatic N) is 1. The third-order valence-corrected chi connectivity index (χ3v) is 5.69. The van der Waals surface area contributed by atoms with E-state index in [1.54, 1.807) is 36.4 Å². The summed E-state index contributed by atoms with van der Waals surface area (Å²) in [6.45, 7) is 0. The number of benzene rings is 2. The van der Waals surface area contributed by atoms with Crippen molar-refractivity contribution in [2.75, 3.05) is 37.6 Å². The van der Waals surface area contributed by atoms with Gasteiger partial charge in [0, 0.05) is 16.6 Å². The predicted octanol–water partition coefficient (Wildman–Crippen LogP) is 3.39. The Morgan fingerprint density at radius 2 is 1.66 bits per heavy atom. The van der Waals surface area contributed by atoms with Gasteiger partial charge in [0.05, 0.1) is 39.7 Å². The lowest BCUT2D eigenvalue weighted by Gasteiger charge is -2.13. The highest BCUT2D eigenvalue weighted by Gasteiger charge is 2.16. The van der Waals surface area contributed by atoms with Crippen molar-refractivity contribution in [1.29, 1.82) is 0 Å². The average molecular weight is 478 g/mol. The molecule has 1 aromatic heterocycles. The minimum Gasteiger partial charge on any atom is -0.493 e. The Bertz CT molecular complexity index is 1180. The molecule has 1 heterocycles. The van der Waals surface area contributed by atoms with E-state index in [1.807, 2.05) is 5.38 Å². The highest BCUT2D eigenvalue weighted by molar-refractivity contribution is 7.92. The molecule has 3 rings (SSSR count). The first-order chi connectivity index (χ1) is 15.2. The molecule has 0 bridgehead atoms. The molecule has 0 aliphatic carbocycles. The van der Waals surface area contributed by atoms with Crippen LogP contribution in [0, 0.1) is 0 Å². The van der Waals surface area contributed by atoms with Gasteiger partial charge in [-0.2, -0.15) is 0 Å². The number of carbonyl (C=O) groups excluding carboxylic acids is 1. The van der Waals surface area contributed by atoms with Crippen LogP contribution in [-0.2, 0) is 21.2 Å². The summed E-state index contributed by atoms with van der Waals surface area (Å²) in [5, 5.41) is 5.06. The van der Waals surface area contributed by atoms with E-state index in [2.05, 4.69) is 15.0 Å². The average Bonchev–Trinajstić information content (AvgIpc) is 3.20. The van der Waals surface area contributed by atoms with Gasteiger partial charge < -0.3 is 19.5 Å². The maximum atomic E-state index is 12.5. The number of hydrogen-bond donors (Lipinski definition) is 2. The summed E-state index contributed by atoms with van der Waals surface area (Å²) < 4.78 is 41.0. The lowest BCUT2D eigenvalue weighted by molar-refractivity contribution is -0.115. The van der Waals surface area contributed by atoms with Gasteiger partial charge in [0.1, 0.15) is 0 Å². The Balaban J connectivity index is 1.69. The number of methoxy groups -OCH3 is 3. The van der Waals surface area contributed by atoms with Crippen LogP contribution < -0.4 is 24.2 Å². The number of hydrogen-bond acceptors (Lipinski definition) is 8. The minimum absolute atomic E-state index is 0.0947. The SMILES string of the molecule is COc1cc(CC(=O)Nc2nc(-c3ccc(NS(C)(=O)=O)cc3)cs2)cc(OC)c1OC. The van der Waals surface area contributed by atoms with E-state index < -0.39 is 10.0 Å². The summed E-state index contributed by atoms with van der Waals surface area (Å²) in [6, 6.07) is 10.3. The molecule has 0 aliphatic rings. The van der Waals surface area contributed by atoms with Gasteiger partial charge in [-0.05, 0) is 29.8 Å². The molecule has 0 fully saturated rings. The van der Waals surface area contributed by atoms with Gasteiger partial charge in [-0.1, -0.05) is 12.1 Å². The zero-order valence-electron chi connectivity index (χ0n) is 18.0. The largest absolute Gasteiger partial charge is 0.493 e. The lowest BCUT2D eigenvalue weighted by Crippen LogP contribution is -2.14. The Morgan fingerprint density at radius 1 is 1.03 bits per heavy atom. The quantitative estimate of drug-likeness (QED) is 0.485. The monoisotopic (exact) mass is 477 g/mol. The number of carbonyl (C=O) groups is 1. The van der Waals surface area contributed by atoms with Crippen molar-refractivity contribution < 1.29 is 27.4 Å². The van der Waals surface area contributed by atoms with E-state index in [-0.39, 0.29) is 12.3 Å². The molecule has 2 N–H and O–H groups in total. The van der Waals surface area contributed by atoms with Crippen LogP contribution in [0.2, 0.25) is 0 Å². The van der Waals surface area contributed by atoms with Gasteiger partial charge in [0.15, 0.2) is 16.6 Å². The standard InChI is InChI=1S/C21H23N3O6S2/c1-28-17-9-13(10-18(29-2)20(17)30-3)11-19(25)23-21-22-16(12-31-21)14-5-7-15(8-6-14)24-32(4,26)27/h5-10,12,24H,11H2,1-4H3,(H,22,23,25). The Hall–Kier alpha value is -3.31. The third kappa shape index (κ3) is 5.89. The molecule has 0 saturated heterocycles. The maximum Gasteiger partial charge on any atom is 0.230 e. The first-order valence-corrected chi connectivity index (χ1v) is 12.1. The molecule has 0 radical (unpaired) electrons. The summed E-state index contributed by atoms with van der Waals surface area (Å²) in [7, 11) is 1.21. The fourth-order valence-electron chi connectivity index (χ4n) is 2.97. The molecular formula is C21H23N3O6S2. The molecule has 170 valence electrons. The summed E-state index contributed by atoms with van der Waals surface area (Å²) >= 11 is 1.29. The van der Waals surface area contributed by atoms with Crippen molar-refractivity contribution in [2.45, 2.75) is 6.42 Å². The van der Waals surface area contributed by atoms with E-state index >= 15 is 0 Å². The Kier molecular flexibility index (Phi) is 7.21. The fourth-order valence-corrected chi connectivity index (χ4v) is 4.27. The van der Waals surface area contributed by atoms with Gasteiger partial charge >= 0.3 is 0 Å². The number of amides is 1. The van der Waals surface area contributed by atoms with E-state index in [9.17, 15) is 13.2 Å². The minimum atomic E-state index is -3.34. The van der Waals surface area contributed by atoms with Gasteiger partial charge in [-0.25, -0.2) is 13.4 Å². The molecular weight excluding hydrogens is 454 g/mol. The summed E-state index contributed by atoms with van der Waals surface area (Å²) in [4.78, 5) is 17.0. The highest BCUT2D eigenvalue weighted by Crippen LogP contribution is 2.38. The molecule has 1 amide bonds. The highest BCUT2D eigenvalue weighted by atomic mass is 32.2. The van der Waals surface area contributed by atoms with Gasteiger partial charge in [0.2, 0.25) is 21.7 Å². The van der Waals surface area contributed by atoms with Gasteiger partial charge in [-0.15, -0.1) is 11.3 Å². The van der Waals surface area contributed by atoms with Gasteiger partial charge in [0.25, 0.3) is 0 Å². The number of aromatic nitrogens is 1. The van der Waals surface area contributed by atoms with Crippen LogP contribution in [0.5, 0.6) is 17.2 Å². The summed E-state index contributed by atoms with van der Waals surface area (Å²) in [5.74, 6) is 1.16. The lowest BCUT2D eigenvalue weighted by atomic mass is 10.1. The van der Waals surface area contributed by atoms with E-state index in [0.717, 1.165) is 11.8 Å². The third-order valence-electron chi connectivity index (χ3n) is 4.32. The number of rotatable bonds is 9. The second-order valence-electron chi connectivity index (χ2n) is 6.75. The first-order valence-electron chi connectivity index (χ1n) is 9.35. The second-order valence-corrected chi connectivity index (χ2v) is 9.35. The molecule has 3 aromatic rings. The Labute approximate surface area is 190 Å². The number of anilines is 2. The molecule has 32 heavy (non-hydrogen) atoms. The maximum absolute atomic E-state index is 12.5. The van der Waals surface area contributed by atoms with Crippen LogP contribution in [0.1, 0.15) is 5.56 Å². The van der Waals surface area contributed by atoms with Crippen molar-refractivity contribution in [2.24, 2.45) is 0 Å². The molecule has 0 unspecified atom stereocenters. The van der Waals surface area contributed by atoms with Crippen molar-refractivity contribution >= 4 is 38.1 Å². The van der Waals surface area contributed by atoms with E-state index in [1.165, 1.54) is 32.7 Å². The van der Waals surface area contributed by atoms with Crippen LogP contribution >= 0.6 is 11.3 Å². The fraction of sp³-hybridized carbons (Fsp3) is 0.238. The van der Waals surface area contributed by atoms with Crippen LogP contribution in [0.3, 0.4) is 0 Å². The van der Waals surface area contributed by atoms with Crippen molar-refractivity contribution in [3.63, 3.8) is 0 Å². The Morgan fingerprint density at radius 3 is 2.19 bits per heavy atom. The van der Waals surface area contributed by atoms with Crippen LogP contribution in [0.15, 0.2) is 41.8 Å². The molecule has 0 spiro atoms.